The summed E-state index contributed by atoms with van der Waals surface area (Å²) in [7, 11) is 0. The summed E-state index contributed by atoms with van der Waals surface area (Å²) < 4.78 is 0. The van der Waals surface area contributed by atoms with Gasteiger partial charge in [-0.25, -0.2) is 0 Å². The highest BCUT2D eigenvalue weighted by atomic mass is 32.1. The van der Waals surface area contributed by atoms with Crippen molar-refractivity contribution < 1.29 is 4.79 Å². The molecule has 0 spiro atoms. The Kier molecular flexibility index (Phi) is 4.34. The smallest absolute Gasteiger partial charge is 0.237 e. The van der Waals surface area contributed by atoms with Gasteiger partial charge in [0.25, 0.3) is 0 Å². The molecular weight excluding hydrogens is 234 g/mol. The number of carbonyl (C=O) groups is 1. The van der Waals surface area contributed by atoms with Gasteiger partial charge in [0.15, 0.2) is 0 Å². The van der Waals surface area contributed by atoms with E-state index in [1.54, 1.807) is 0 Å². The topological polar surface area (TPSA) is 58.4 Å². The minimum absolute atomic E-state index is 0.0238. The fraction of sp³-hybridized carbons (Fsp3) is 0.833. The van der Waals surface area contributed by atoms with E-state index in [9.17, 15) is 4.79 Å². The van der Waals surface area contributed by atoms with Crippen LogP contribution in [0.15, 0.2) is 0 Å². The first kappa shape index (κ1) is 12.8. The highest BCUT2D eigenvalue weighted by Gasteiger charge is 2.34. The van der Waals surface area contributed by atoms with Gasteiger partial charge < -0.3 is 11.1 Å². The first-order valence-corrected chi connectivity index (χ1v) is 6.94. The van der Waals surface area contributed by atoms with Gasteiger partial charge in [-0.15, -0.1) is 0 Å². The van der Waals surface area contributed by atoms with Crippen LogP contribution in [0.2, 0.25) is 0 Å². The van der Waals surface area contributed by atoms with E-state index in [1.807, 2.05) is 0 Å². The van der Waals surface area contributed by atoms with Gasteiger partial charge in [-0.3, -0.25) is 9.69 Å². The van der Waals surface area contributed by atoms with Gasteiger partial charge in [0.1, 0.15) is 0 Å². The number of amides is 1. The molecule has 17 heavy (non-hydrogen) atoms. The van der Waals surface area contributed by atoms with Gasteiger partial charge in [0, 0.05) is 6.54 Å². The molecule has 96 valence electrons. The molecule has 2 heterocycles. The molecule has 1 amide bonds. The third-order valence-corrected chi connectivity index (χ3v) is 4.05. The molecule has 0 radical (unpaired) electrons. The molecule has 2 fully saturated rings. The van der Waals surface area contributed by atoms with E-state index in [0.29, 0.717) is 4.99 Å². The van der Waals surface area contributed by atoms with E-state index < -0.39 is 0 Å². The third-order valence-electron chi connectivity index (χ3n) is 3.78. The molecule has 0 aliphatic carbocycles. The lowest BCUT2D eigenvalue weighted by atomic mass is 9.97. The van der Waals surface area contributed by atoms with Crippen LogP contribution in [0.1, 0.15) is 38.5 Å². The summed E-state index contributed by atoms with van der Waals surface area (Å²) >= 11 is 5.14. The molecule has 2 unspecified atom stereocenters. The van der Waals surface area contributed by atoms with Crippen molar-refractivity contribution in [1.82, 2.24) is 10.2 Å². The highest BCUT2D eigenvalue weighted by molar-refractivity contribution is 7.80. The fourth-order valence-electron chi connectivity index (χ4n) is 2.87. The van der Waals surface area contributed by atoms with Crippen molar-refractivity contribution in [2.75, 3.05) is 13.1 Å². The molecule has 2 aliphatic heterocycles. The maximum atomic E-state index is 12.0. The van der Waals surface area contributed by atoms with Gasteiger partial charge in [-0.05, 0) is 38.6 Å². The largest absolute Gasteiger partial charge is 0.392 e. The predicted molar refractivity (Wildman–Crippen MR) is 71.8 cm³/mol. The van der Waals surface area contributed by atoms with E-state index in [4.69, 9.17) is 18.0 Å². The second-order valence-corrected chi connectivity index (χ2v) is 5.43. The molecule has 0 aromatic carbocycles. The van der Waals surface area contributed by atoms with Crippen LogP contribution in [-0.2, 0) is 4.79 Å². The van der Waals surface area contributed by atoms with Gasteiger partial charge >= 0.3 is 0 Å². The molecule has 2 saturated heterocycles. The number of nitrogens with two attached hydrogens (primary N) is 1. The first-order chi connectivity index (χ1) is 8.20. The van der Waals surface area contributed by atoms with Crippen LogP contribution in [0.4, 0.5) is 0 Å². The maximum Gasteiger partial charge on any atom is 0.237 e. The molecule has 4 nitrogen and oxygen atoms in total. The lowest BCUT2D eigenvalue weighted by Gasteiger charge is -2.39. The quantitative estimate of drug-likeness (QED) is 0.717. The first-order valence-electron chi connectivity index (χ1n) is 6.53. The standard InChI is InChI=1S/C12H21N3OS/c13-11(17)9-5-2-4-8-15(9)10-6-1-3-7-14-12(10)16/h9-10H,1-8H2,(H2,13,17)(H,14,16). The Morgan fingerprint density at radius 1 is 1.29 bits per heavy atom. The molecule has 2 rings (SSSR count). The zero-order valence-corrected chi connectivity index (χ0v) is 11.0. The summed E-state index contributed by atoms with van der Waals surface area (Å²) in [5, 5.41) is 2.99. The van der Waals surface area contributed by atoms with Crippen molar-refractivity contribution in [2.45, 2.75) is 50.6 Å². The lowest BCUT2D eigenvalue weighted by molar-refractivity contribution is -0.127. The summed E-state index contributed by atoms with van der Waals surface area (Å²) in [5.41, 5.74) is 5.81. The van der Waals surface area contributed by atoms with Crippen LogP contribution in [0.3, 0.4) is 0 Å². The average molecular weight is 255 g/mol. The minimum Gasteiger partial charge on any atom is -0.392 e. The Balaban J connectivity index is 2.11. The fourth-order valence-corrected chi connectivity index (χ4v) is 3.13. The van der Waals surface area contributed by atoms with Gasteiger partial charge in [0.05, 0.1) is 17.1 Å². The molecule has 2 atom stereocenters. The minimum atomic E-state index is -0.0238. The van der Waals surface area contributed by atoms with Gasteiger partial charge in [0.2, 0.25) is 5.91 Å². The molecule has 0 saturated carbocycles. The number of carbonyl (C=O) groups excluding carboxylic acids is 1. The predicted octanol–water partition coefficient (Wildman–Crippen LogP) is 0.796. The number of nitrogens with zero attached hydrogens (tertiary/aromatic N) is 1. The molecule has 5 heteroatoms. The van der Waals surface area contributed by atoms with Crippen molar-refractivity contribution in [1.29, 1.82) is 0 Å². The monoisotopic (exact) mass is 255 g/mol. The Hall–Kier alpha value is -0.680. The molecular formula is C12H21N3OS. The van der Waals surface area contributed by atoms with Crippen molar-refractivity contribution in [3.05, 3.63) is 0 Å². The Bertz CT molecular complexity index is 308. The van der Waals surface area contributed by atoms with Crippen molar-refractivity contribution in [3.63, 3.8) is 0 Å². The SMILES string of the molecule is NC(=S)C1CCCCN1C1CCCCNC1=O. The van der Waals surface area contributed by atoms with Crippen LogP contribution in [0.5, 0.6) is 0 Å². The van der Waals surface area contributed by atoms with Crippen molar-refractivity contribution in [2.24, 2.45) is 5.73 Å². The number of likely N-dealkylation sites (tertiary alicyclic amines) is 1. The summed E-state index contributed by atoms with van der Waals surface area (Å²) in [6.07, 6.45) is 6.41. The Labute approximate surface area is 108 Å². The maximum absolute atomic E-state index is 12.0. The summed E-state index contributed by atoms with van der Waals surface area (Å²) in [6.45, 7) is 1.75. The molecule has 2 aliphatic rings. The number of hydrogen-bond donors (Lipinski definition) is 2. The van der Waals surface area contributed by atoms with Gasteiger partial charge in [-0.2, -0.15) is 0 Å². The van der Waals surface area contributed by atoms with Crippen LogP contribution in [-0.4, -0.2) is 41.0 Å². The number of rotatable bonds is 2. The second-order valence-electron chi connectivity index (χ2n) is 4.95. The zero-order chi connectivity index (χ0) is 12.3. The number of thiocarbonyl (C=S) groups is 1. The summed E-state index contributed by atoms with van der Waals surface area (Å²) in [4.78, 5) is 14.8. The van der Waals surface area contributed by atoms with E-state index in [0.717, 1.165) is 51.6 Å². The van der Waals surface area contributed by atoms with E-state index in [2.05, 4.69) is 10.2 Å². The van der Waals surface area contributed by atoms with E-state index in [-0.39, 0.29) is 18.0 Å². The second kappa shape index (κ2) is 5.78. The summed E-state index contributed by atoms with van der Waals surface area (Å²) in [6, 6.07) is 0.0944. The lowest BCUT2D eigenvalue weighted by Crippen LogP contribution is -2.56. The van der Waals surface area contributed by atoms with E-state index >= 15 is 0 Å². The molecule has 0 aromatic rings. The van der Waals surface area contributed by atoms with Gasteiger partial charge in [-0.1, -0.05) is 18.6 Å². The van der Waals surface area contributed by atoms with Crippen molar-refractivity contribution in [3.8, 4) is 0 Å². The normalized spacial score (nSPS) is 31.6. The molecule has 0 bridgehead atoms. The third kappa shape index (κ3) is 2.96. The highest BCUT2D eigenvalue weighted by Crippen LogP contribution is 2.23. The van der Waals surface area contributed by atoms with Crippen LogP contribution in [0.25, 0.3) is 0 Å². The van der Waals surface area contributed by atoms with Crippen molar-refractivity contribution >= 4 is 23.1 Å². The number of hydrogen-bond acceptors (Lipinski definition) is 3. The van der Waals surface area contributed by atoms with E-state index in [1.165, 1.54) is 0 Å². The number of nitrogens with one attached hydrogen (secondary N) is 1. The van der Waals surface area contributed by atoms with Crippen LogP contribution < -0.4 is 11.1 Å². The molecule has 0 aromatic heterocycles. The number of piperidine rings is 1. The summed E-state index contributed by atoms with van der Waals surface area (Å²) in [5.74, 6) is 0.158. The Morgan fingerprint density at radius 3 is 2.82 bits per heavy atom. The Morgan fingerprint density at radius 2 is 2.06 bits per heavy atom. The molecule has 3 N–H and O–H groups in total. The zero-order valence-electron chi connectivity index (χ0n) is 10.2. The van der Waals surface area contributed by atoms with Crippen LogP contribution in [0, 0.1) is 0 Å². The van der Waals surface area contributed by atoms with Crippen LogP contribution >= 0.6 is 12.2 Å². The average Bonchev–Trinajstić information content (AvgIpc) is 2.54.